The van der Waals surface area contributed by atoms with Crippen LogP contribution in [0.5, 0.6) is 0 Å². The largest absolute Gasteiger partial charge is 0.0850 e. The third-order valence-corrected chi connectivity index (χ3v) is 5.79. The zero-order valence-electron chi connectivity index (χ0n) is 9.40. The maximum Gasteiger partial charge on any atom is 0.0288 e. The first-order valence-electron chi connectivity index (χ1n) is 6.45. The van der Waals surface area contributed by atoms with E-state index < -0.39 is 0 Å². The molecule has 0 N–H and O–H groups in total. The minimum atomic E-state index is 0.533. The molecule has 0 aromatic rings. The van der Waals surface area contributed by atoms with Gasteiger partial charge in [-0.15, -0.1) is 0 Å². The molecule has 2 aliphatic rings. The van der Waals surface area contributed by atoms with E-state index in [4.69, 9.17) is 0 Å². The molecule has 2 fully saturated rings. The average Bonchev–Trinajstić information content (AvgIpc) is 2.19. The summed E-state index contributed by atoms with van der Waals surface area (Å²) in [6, 6.07) is 0. The van der Waals surface area contributed by atoms with E-state index in [1.807, 2.05) is 0 Å². The third kappa shape index (κ3) is 2.03. The van der Waals surface area contributed by atoms with E-state index in [1.54, 1.807) is 0 Å². The van der Waals surface area contributed by atoms with Crippen molar-refractivity contribution >= 4 is 15.9 Å². The van der Waals surface area contributed by atoms with Crippen LogP contribution in [0.15, 0.2) is 0 Å². The highest BCUT2D eigenvalue weighted by Crippen LogP contribution is 2.52. The maximum atomic E-state index is 4.10. The Bertz CT molecular complexity index is 184. The summed E-state index contributed by atoms with van der Waals surface area (Å²) < 4.78 is 0.533. The second kappa shape index (κ2) is 4.55. The first kappa shape index (κ1) is 11.0. The molecule has 2 aliphatic carbocycles. The fraction of sp³-hybridized carbons (Fsp3) is 1.00. The molecular weight excluding hydrogens is 236 g/mol. The molecule has 0 bridgehead atoms. The Morgan fingerprint density at radius 1 is 1.14 bits per heavy atom. The second-order valence-electron chi connectivity index (χ2n) is 5.33. The van der Waals surface area contributed by atoms with Gasteiger partial charge in [-0.25, -0.2) is 0 Å². The molecule has 0 amide bonds. The van der Waals surface area contributed by atoms with Gasteiger partial charge < -0.3 is 0 Å². The molecule has 0 heterocycles. The van der Waals surface area contributed by atoms with Crippen LogP contribution in [0.2, 0.25) is 0 Å². The van der Waals surface area contributed by atoms with Gasteiger partial charge in [0, 0.05) is 4.32 Å². The Morgan fingerprint density at radius 2 is 1.86 bits per heavy atom. The predicted molar refractivity (Wildman–Crippen MR) is 65.9 cm³/mol. The van der Waals surface area contributed by atoms with Gasteiger partial charge in [0.25, 0.3) is 0 Å². The Kier molecular flexibility index (Phi) is 3.57. The standard InChI is InChI=1S/C13H23Br/c1-2-9-13(14)10-5-7-11-6-3-4-8-12(11)13/h11-12H,2-10H2,1H3/t11-,12?,13+/m0/s1. The molecule has 0 aromatic heterocycles. The predicted octanol–water partition coefficient (Wildman–Crippen LogP) is 4.91. The molecule has 3 atom stereocenters. The van der Waals surface area contributed by atoms with Gasteiger partial charge in [0.2, 0.25) is 0 Å². The summed E-state index contributed by atoms with van der Waals surface area (Å²) in [5.41, 5.74) is 0. The van der Waals surface area contributed by atoms with Gasteiger partial charge in [0.15, 0.2) is 0 Å². The van der Waals surface area contributed by atoms with E-state index in [1.165, 1.54) is 57.8 Å². The summed E-state index contributed by atoms with van der Waals surface area (Å²) in [6.07, 6.45) is 13.1. The van der Waals surface area contributed by atoms with E-state index in [-0.39, 0.29) is 0 Å². The Morgan fingerprint density at radius 3 is 2.64 bits per heavy atom. The van der Waals surface area contributed by atoms with E-state index in [2.05, 4.69) is 22.9 Å². The summed E-state index contributed by atoms with van der Waals surface area (Å²) in [5.74, 6) is 2.06. The molecule has 0 aromatic carbocycles. The summed E-state index contributed by atoms with van der Waals surface area (Å²) >= 11 is 4.10. The molecule has 2 saturated carbocycles. The lowest BCUT2D eigenvalue weighted by Gasteiger charge is -2.47. The van der Waals surface area contributed by atoms with Crippen molar-refractivity contribution in [2.45, 2.75) is 69.0 Å². The van der Waals surface area contributed by atoms with Crippen LogP contribution in [-0.2, 0) is 0 Å². The fourth-order valence-corrected chi connectivity index (χ4v) is 5.08. The van der Waals surface area contributed by atoms with Crippen LogP contribution < -0.4 is 0 Å². The van der Waals surface area contributed by atoms with Gasteiger partial charge in [-0.3, -0.25) is 0 Å². The van der Waals surface area contributed by atoms with Crippen molar-refractivity contribution in [2.24, 2.45) is 11.8 Å². The zero-order valence-corrected chi connectivity index (χ0v) is 11.0. The lowest BCUT2D eigenvalue weighted by molar-refractivity contribution is 0.124. The lowest BCUT2D eigenvalue weighted by Crippen LogP contribution is -2.41. The van der Waals surface area contributed by atoms with Gasteiger partial charge in [-0.05, 0) is 31.1 Å². The van der Waals surface area contributed by atoms with Gasteiger partial charge in [0.1, 0.15) is 0 Å². The van der Waals surface area contributed by atoms with Crippen LogP contribution >= 0.6 is 15.9 Å². The van der Waals surface area contributed by atoms with Crippen LogP contribution in [0, 0.1) is 11.8 Å². The van der Waals surface area contributed by atoms with Gasteiger partial charge >= 0.3 is 0 Å². The summed E-state index contributed by atoms with van der Waals surface area (Å²) in [7, 11) is 0. The number of alkyl halides is 1. The molecule has 0 aliphatic heterocycles. The van der Waals surface area contributed by atoms with Crippen molar-refractivity contribution in [1.29, 1.82) is 0 Å². The highest BCUT2D eigenvalue weighted by molar-refractivity contribution is 9.10. The van der Waals surface area contributed by atoms with E-state index >= 15 is 0 Å². The SMILES string of the molecule is CCC[C@@]1(Br)CCC[C@@H]2CCCCC21. The Hall–Kier alpha value is 0.480. The van der Waals surface area contributed by atoms with Crippen molar-refractivity contribution in [3.63, 3.8) is 0 Å². The topological polar surface area (TPSA) is 0 Å². The highest BCUT2D eigenvalue weighted by atomic mass is 79.9. The monoisotopic (exact) mass is 258 g/mol. The van der Waals surface area contributed by atoms with Crippen LogP contribution in [0.1, 0.15) is 64.7 Å². The van der Waals surface area contributed by atoms with Crippen molar-refractivity contribution in [2.75, 3.05) is 0 Å². The highest BCUT2D eigenvalue weighted by Gasteiger charge is 2.43. The van der Waals surface area contributed by atoms with Crippen LogP contribution in [0.4, 0.5) is 0 Å². The van der Waals surface area contributed by atoms with Crippen molar-refractivity contribution in [1.82, 2.24) is 0 Å². The normalized spacial score (nSPS) is 43.3. The number of rotatable bonds is 2. The molecule has 0 radical (unpaired) electrons. The number of fused-ring (bicyclic) bond motifs is 1. The molecular formula is C13H23Br. The quantitative estimate of drug-likeness (QED) is 0.618. The minimum absolute atomic E-state index is 0.533. The Balaban J connectivity index is 2.07. The number of halogens is 1. The molecule has 0 nitrogen and oxygen atoms in total. The van der Waals surface area contributed by atoms with Crippen LogP contribution in [0.25, 0.3) is 0 Å². The molecule has 14 heavy (non-hydrogen) atoms. The summed E-state index contributed by atoms with van der Waals surface area (Å²) in [4.78, 5) is 0. The molecule has 1 unspecified atom stereocenters. The smallest absolute Gasteiger partial charge is 0.0288 e. The zero-order chi connectivity index (χ0) is 10.0. The molecule has 2 rings (SSSR count). The molecule has 0 saturated heterocycles. The van der Waals surface area contributed by atoms with Crippen molar-refractivity contribution in [3.05, 3.63) is 0 Å². The minimum Gasteiger partial charge on any atom is -0.0850 e. The number of hydrogen-bond acceptors (Lipinski definition) is 0. The first-order valence-corrected chi connectivity index (χ1v) is 7.24. The summed E-state index contributed by atoms with van der Waals surface area (Å²) in [6.45, 7) is 2.33. The molecule has 1 heteroatoms. The van der Waals surface area contributed by atoms with Crippen LogP contribution in [-0.4, -0.2) is 4.32 Å². The van der Waals surface area contributed by atoms with Gasteiger partial charge in [-0.1, -0.05) is 61.4 Å². The van der Waals surface area contributed by atoms with Gasteiger partial charge in [-0.2, -0.15) is 0 Å². The molecule has 82 valence electrons. The van der Waals surface area contributed by atoms with E-state index in [9.17, 15) is 0 Å². The Labute approximate surface area is 97.0 Å². The van der Waals surface area contributed by atoms with Crippen molar-refractivity contribution in [3.8, 4) is 0 Å². The number of hydrogen-bond donors (Lipinski definition) is 0. The first-order chi connectivity index (χ1) is 6.76. The van der Waals surface area contributed by atoms with Gasteiger partial charge in [0.05, 0.1) is 0 Å². The average molecular weight is 259 g/mol. The lowest BCUT2D eigenvalue weighted by atomic mass is 9.64. The van der Waals surface area contributed by atoms with Crippen molar-refractivity contribution < 1.29 is 0 Å². The fourth-order valence-electron chi connectivity index (χ4n) is 3.80. The van der Waals surface area contributed by atoms with Crippen LogP contribution in [0.3, 0.4) is 0 Å². The summed E-state index contributed by atoms with van der Waals surface area (Å²) in [5, 5.41) is 0. The second-order valence-corrected chi connectivity index (χ2v) is 6.91. The maximum absolute atomic E-state index is 4.10. The van der Waals surface area contributed by atoms with E-state index in [0.717, 1.165) is 11.8 Å². The van der Waals surface area contributed by atoms with E-state index in [0.29, 0.717) is 4.32 Å². The third-order valence-electron chi connectivity index (χ3n) is 4.41. The molecule has 0 spiro atoms.